The van der Waals surface area contributed by atoms with E-state index in [0.717, 1.165) is 57.9 Å². The Morgan fingerprint density at radius 2 is 1.57 bits per heavy atom. The van der Waals surface area contributed by atoms with E-state index in [1.807, 2.05) is 0 Å². The van der Waals surface area contributed by atoms with Crippen LogP contribution in [0.1, 0.15) is 24.0 Å². The van der Waals surface area contributed by atoms with Crippen molar-refractivity contribution in [1.29, 1.82) is 0 Å². The van der Waals surface area contributed by atoms with E-state index in [9.17, 15) is 0 Å². The number of para-hydroxylation sites is 1. The van der Waals surface area contributed by atoms with Gasteiger partial charge < -0.3 is 10.7 Å². The minimum Gasteiger partial charge on any atom is -0.361 e. The van der Waals surface area contributed by atoms with Crippen molar-refractivity contribution in [3.05, 3.63) is 94.8 Å². The molecule has 0 saturated carbocycles. The van der Waals surface area contributed by atoms with E-state index in [4.69, 9.17) is 15.7 Å². The van der Waals surface area contributed by atoms with Crippen molar-refractivity contribution in [3.8, 4) is 21.1 Å². The summed E-state index contributed by atoms with van der Waals surface area (Å²) in [6, 6.07) is 23.4. The van der Waals surface area contributed by atoms with Gasteiger partial charge >= 0.3 is 0 Å². The first-order valence-corrected chi connectivity index (χ1v) is 13.7. The highest BCUT2D eigenvalue weighted by Crippen LogP contribution is 2.35. The molecular weight excluding hydrogens is 468 g/mol. The largest absolute Gasteiger partial charge is 0.361 e. The van der Waals surface area contributed by atoms with Crippen LogP contribution in [0.25, 0.3) is 43.1 Å². The normalized spacial score (nSPS) is 12.5. The standard InChI is InChI=1S/C29H26N4S2/c30-21(17-20-18-31-23-9-2-1-8-22(20)23)7-3-6-19-12-13-24-25(16-19)33-29(27-11-5-15-35-27)28(32-24)26-10-4-14-34-26/h1-2,4-5,8-16,18,21,31H,3,6-7,17,30H2/t21-/m1/s1. The Labute approximate surface area is 212 Å². The second-order valence-electron chi connectivity index (χ2n) is 8.91. The zero-order valence-electron chi connectivity index (χ0n) is 19.3. The van der Waals surface area contributed by atoms with Crippen LogP contribution in [0.2, 0.25) is 0 Å². The molecule has 2 aromatic carbocycles. The van der Waals surface area contributed by atoms with Gasteiger partial charge in [-0.3, -0.25) is 0 Å². The van der Waals surface area contributed by atoms with Gasteiger partial charge in [-0.05, 0) is 77.9 Å². The predicted molar refractivity (Wildman–Crippen MR) is 149 cm³/mol. The molecule has 4 aromatic heterocycles. The minimum atomic E-state index is 0.147. The van der Waals surface area contributed by atoms with E-state index >= 15 is 0 Å². The summed E-state index contributed by atoms with van der Waals surface area (Å²) in [7, 11) is 0. The molecule has 0 radical (unpaired) electrons. The van der Waals surface area contributed by atoms with Crippen molar-refractivity contribution in [2.45, 2.75) is 31.7 Å². The number of hydrogen-bond acceptors (Lipinski definition) is 5. The Bertz CT molecular complexity index is 1570. The number of H-pyrrole nitrogens is 1. The Morgan fingerprint density at radius 1 is 0.829 bits per heavy atom. The number of aromatic amines is 1. The number of benzene rings is 2. The van der Waals surface area contributed by atoms with Gasteiger partial charge in [-0.15, -0.1) is 22.7 Å². The summed E-state index contributed by atoms with van der Waals surface area (Å²) in [6.45, 7) is 0. The van der Waals surface area contributed by atoms with Crippen LogP contribution in [0.3, 0.4) is 0 Å². The molecule has 4 heterocycles. The summed E-state index contributed by atoms with van der Waals surface area (Å²) in [5, 5.41) is 5.46. The Kier molecular flexibility index (Phi) is 6.17. The molecule has 0 aliphatic heterocycles. The van der Waals surface area contributed by atoms with E-state index in [2.05, 4.69) is 88.7 Å². The molecule has 0 aliphatic rings. The third-order valence-electron chi connectivity index (χ3n) is 6.44. The van der Waals surface area contributed by atoms with Crippen molar-refractivity contribution in [2.24, 2.45) is 5.73 Å². The van der Waals surface area contributed by atoms with Crippen molar-refractivity contribution >= 4 is 44.6 Å². The molecule has 35 heavy (non-hydrogen) atoms. The summed E-state index contributed by atoms with van der Waals surface area (Å²) in [5.74, 6) is 0. The smallest absolute Gasteiger partial charge is 0.108 e. The average molecular weight is 495 g/mol. The molecule has 6 aromatic rings. The zero-order valence-corrected chi connectivity index (χ0v) is 20.9. The number of hydrogen-bond donors (Lipinski definition) is 2. The van der Waals surface area contributed by atoms with Crippen molar-refractivity contribution in [2.75, 3.05) is 0 Å². The molecule has 0 aliphatic carbocycles. The highest BCUT2D eigenvalue weighted by molar-refractivity contribution is 7.14. The van der Waals surface area contributed by atoms with Crippen LogP contribution >= 0.6 is 22.7 Å². The molecule has 4 nitrogen and oxygen atoms in total. The second-order valence-corrected chi connectivity index (χ2v) is 10.8. The number of nitrogens with one attached hydrogen (secondary N) is 1. The molecule has 1 atom stereocenters. The summed E-state index contributed by atoms with van der Waals surface area (Å²) in [4.78, 5) is 15.8. The van der Waals surface area contributed by atoms with Gasteiger partial charge in [0.1, 0.15) is 11.4 Å². The molecule has 174 valence electrons. The molecule has 0 bridgehead atoms. The molecular formula is C29H26N4S2. The lowest BCUT2D eigenvalue weighted by atomic mass is 9.99. The molecule has 3 N–H and O–H groups in total. The van der Waals surface area contributed by atoms with E-state index < -0.39 is 0 Å². The molecule has 0 unspecified atom stereocenters. The number of fused-ring (bicyclic) bond motifs is 2. The highest BCUT2D eigenvalue weighted by Gasteiger charge is 2.15. The molecule has 0 saturated heterocycles. The summed E-state index contributed by atoms with van der Waals surface area (Å²) < 4.78 is 0. The van der Waals surface area contributed by atoms with Gasteiger partial charge in [0.15, 0.2) is 0 Å². The van der Waals surface area contributed by atoms with Crippen molar-refractivity contribution in [1.82, 2.24) is 15.0 Å². The topological polar surface area (TPSA) is 67.6 Å². The monoisotopic (exact) mass is 494 g/mol. The Hall–Kier alpha value is -3.32. The molecule has 0 fully saturated rings. The molecule has 0 spiro atoms. The van der Waals surface area contributed by atoms with Crippen molar-refractivity contribution < 1.29 is 0 Å². The van der Waals surface area contributed by atoms with Crippen LogP contribution in [0.5, 0.6) is 0 Å². The Balaban J connectivity index is 1.18. The molecule has 6 rings (SSSR count). The highest BCUT2D eigenvalue weighted by atomic mass is 32.1. The zero-order chi connectivity index (χ0) is 23.6. The van der Waals surface area contributed by atoms with E-state index in [0.29, 0.717) is 0 Å². The lowest BCUT2D eigenvalue weighted by molar-refractivity contribution is 0.581. The van der Waals surface area contributed by atoms with Crippen LogP contribution in [0, 0.1) is 0 Å². The lowest BCUT2D eigenvalue weighted by Gasteiger charge is -2.12. The SMILES string of the molecule is N[C@H](CCCc1ccc2nc(-c3cccs3)c(-c3cccs3)nc2c1)Cc1c[nH]c2ccccc12. The van der Waals surface area contributed by atoms with E-state index in [1.54, 1.807) is 22.7 Å². The van der Waals surface area contributed by atoms with Gasteiger partial charge in [-0.1, -0.05) is 36.4 Å². The lowest BCUT2D eigenvalue weighted by Crippen LogP contribution is -2.22. The molecule has 0 amide bonds. The minimum absolute atomic E-state index is 0.147. The Morgan fingerprint density at radius 3 is 2.31 bits per heavy atom. The van der Waals surface area contributed by atoms with Crippen LogP contribution in [-0.4, -0.2) is 21.0 Å². The number of nitrogens with two attached hydrogens (primary N) is 1. The quantitative estimate of drug-likeness (QED) is 0.231. The fourth-order valence-electron chi connectivity index (χ4n) is 4.68. The van der Waals surface area contributed by atoms with Gasteiger partial charge in [0.05, 0.1) is 20.8 Å². The van der Waals surface area contributed by atoms with Gasteiger partial charge in [0.2, 0.25) is 0 Å². The first kappa shape index (κ1) is 22.2. The summed E-state index contributed by atoms with van der Waals surface area (Å²) in [5.41, 5.74) is 14.1. The number of aromatic nitrogens is 3. The van der Waals surface area contributed by atoms with Crippen LogP contribution in [0.4, 0.5) is 0 Å². The third-order valence-corrected chi connectivity index (χ3v) is 8.19. The van der Waals surface area contributed by atoms with E-state index in [-0.39, 0.29) is 6.04 Å². The number of nitrogens with zero attached hydrogens (tertiary/aromatic N) is 2. The van der Waals surface area contributed by atoms with E-state index in [1.165, 1.54) is 22.0 Å². The van der Waals surface area contributed by atoms with Gasteiger partial charge in [0, 0.05) is 23.1 Å². The number of rotatable bonds is 8. The van der Waals surface area contributed by atoms with Gasteiger partial charge in [-0.25, -0.2) is 9.97 Å². The first-order valence-electron chi connectivity index (χ1n) is 11.9. The fourth-order valence-corrected chi connectivity index (χ4v) is 6.11. The van der Waals surface area contributed by atoms with Crippen molar-refractivity contribution in [3.63, 3.8) is 0 Å². The number of aryl methyl sites for hydroxylation is 1. The average Bonchev–Trinajstić information content (AvgIpc) is 3.66. The van der Waals surface area contributed by atoms with Crippen LogP contribution in [-0.2, 0) is 12.8 Å². The predicted octanol–water partition coefficient (Wildman–Crippen LogP) is 7.46. The summed E-state index contributed by atoms with van der Waals surface area (Å²) >= 11 is 3.41. The summed E-state index contributed by atoms with van der Waals surface area (Å²) in [6.07, 6.45) is 6.01. The fraction of sp³-hybridized carbons (Fsp3) is 0.172. The second kappa shape index (κ2) is 9.74. The molecule has 6 heteroatoms. The maximum absolute atomic E-state index is 6.51. The van der Waals surface area contributed by atoms with Gasteiger partial charge in [-0.2, -0.15) is 0 Å². The van der Waals surface area contributed by atoms with Crippen LogP contribution < -0.4 is 5.73 Å². The number of thiophene rings is 2. The first-order chi connectivity index (χ1) is 17.2. The van der Waals surface area contributed by atoms with Crippen LogP contribution in [0.15, 0.2) is 83.7 Å². The maximum atomic E-state index is 6.51. The third kappa shape index (κ3) is 4.65. The maximum Gasteiger partial charge on any atom is 0.108 e. The van der Waals surface area contributed by atoms with Gasteiger partial charge in [0.25, 0.3) is 0 Å².